The highest BCUT2D eigenvalue weighted by Crippen LogP contribution is 2.36. The first kappa shape index (κ1) is 18.9. The van der Waals surface area contributed by atoms with Gasteiger partial charge in [0.15, 0.2) is 11.6 Å². The summed E-state index contributed by atoms with van der Waals surface area (Å²) in [6.45, 7) is 7.63. The lowest BCUT2D eigenvalue weighted by molar-refractivity contribution is -0.322. The van der Waals surface area contributed by atoms with Crippen molar-refractivity contribution in [3.63, 3.8) is 0 Å². The minimum absolute atomic E-state index is 0.215. The van der Waals surface area contributed by atoms with Crippen LogP contribution in [-0.4, -0.2) is 47.7 Å². The highest BCUT2D eigenvalue weighted by molar-refractivity contribution is 8.02. The van der Waals surface area contributed by atoms with Crippen molar-refractivity contribution in [3.8, 4) is 0 Å². The van der Waals surface area contributed by atoms with Gasteiger partial charge in [-0.3, -0.25) is 0 Å². The molecular formula is C19H26O5S. The van der Waals surface area contributed by atoms with E-state index in [9.17, 15) is 5.11 Å². The Labute approximate surface area is 153 Å². The van der Waals surface area contributed by atoms with Crippen molar-refractivity contribution in [1.82, 2.24) is 0 Å². The molecule has 25 heavy (non-hydrogen) atoms. The van der Waals surface area contributed by atoms with Crippen molar-refractivity contribution >= 4 is 11.8 Å². The number of rotatable bonds is 4. The molecule has 0 unspecified atom stereocenters. The molecule has 0 aliphatic carbocycles. The van der Waals surface area contributed by atoms with E-state index < -0.39 is 29.9 Å². The average molecular weight is 366 g/mol. The van der Waals surface area contributed by atoms with E-state index in [4.69, 9.17) is 18.9 Å². The predicted molar refractivity (Wildman–Crippen MR) is 96.2 cm³/mol. The average Bonchev–Trinajstić information content (AvgIpc) is 2.85. The third-order valence-electron chi connectivity index (χ3n) is 4.10. The summed E-state index contributed by atoms with van der Waals surface area (Å²) in [6.07, 6.45) is -0.00836. The second kappa shape index (κ2) is 7.39. The van der Waals surface area contributed by atoms with Crippen molar-refractivity contribution in [2.45, 2.75) is 68.6 Å². The molecule has 0 amide bonds. The Balaban J connectivity index is 1.72. The van der Waals surface area contributed by atoms with Gasteiger partial charge in [-0.2, -0.15) is 0 Å². The van der Waals surface area contributed by atoms with Crippen molar-refractivity contribution < 1.29 is 24.1 Å². The molecule has 0 radical (unpaired) electrons. The molecule has 1 aromatic rings. The lowest BCUT2D eigenvalue weighted by Gasteiger charge is -2.41. The van der Waals surface area contributed by atoms with Crippen LogP contribution in [0.3, 0.4) is 0 Å². The van der Waals surface area contributed by atoms with Crippen molar-refractivity contribution in [3.05, 3.63) is 41.8 Å². The molecule has 0 saturated carbocycles. The maximum absolute atomic E-state index is 10.3. The molecule has 6 heteroatoms. The number of hydrogen-bond acceptors (Lipinski definition) is 6. The van der Waals surface area contributed by atoms with E-state index in [1.807, 2.05) is 57.4 Å². The van der Waals surface area contributed by atoms with Crippen molar-refractivity contribution in [2.75, 3.05) is 6.61 Å². The van der Waals surface area contributed by atoms with Gasteiger partial charge in [-0.25, -0.2) is 0 Å². The van der Waals surface area contributed by atoms with Gasteiger partial charge in [-0.1, -0.05) is 30.0 Å². The molecule has 0 spiro atoms. The molecule has 3 rings (SSSR count). The van der Waals surface area contributed by atoms with E-state index in [0.29, 0.717) is 0 Å². The van der Waals surface area contributed by atoms with Crippen LogP contribution >= 0.6 is 11.8 Å². The normalized spacial score (nSPS) is 34.4. The van der Waals surface area contributed by atoms with E-state index in [2.05, 4.69) is 12.1 Å². The van der Waals surface area contributed by atoms with Gasteiger partial charge in [-0.15, -0.1) is 0 Å². The Morgan fingerprint density at radius 2 is 1.68 bits per heavy atom. The third-order valence-corrected chi connectivity index (χ3v) is 4.94. The Bertz CT molecular complexity index is 601. The number of benzene rings is 1. The topological polar surface area (TPSA) is 57.2 Å². The summed E-state index contributed by atoms with van der Waals surface area (Å²) < 4.78 is 23.5. The molecule has 4 atom stereocenters. The summed E-state index contributed by atoms with van der Waals surface area (Å²) in [5, 5.41) is 12.3. The van der Waals surface area contributed by atoms with Crippen LogP contribution in [0.2, 0.25) is 0 Å². The monoisotopic (exact) mass is 366 g/mol. The summed E-state index contributed by atoms with van der Waals surface area (Å²) in [4.78, 5) is 1.15. The zero-order valence-corrected chi connectivity index (χ0v) is 15.9. The van der Waals surface area contributed by atoms with Crippen molar-refractivity contribution in [1.29, 1.82) is 0 Å². The van der Waals surface area contributed by atoms with Crippen LogP contribution < -0.4 is 0 Å². The molecule has 0 bridgehead atoms. The SMILES string of the molecule is CC1(C)OC[C@@H](O)[C@H]([C@@H]2OC(C)(C)O[C@H]2/C=C/Sc2ccccc2)O1. The standard InChI is InChI=1S/C19H26O5S/c1-18(2)21-12-14(20)16(23-18)17-15(22-19(3,4)24-17)10-11-25-13-8-6-5-7-9-13/h5-11,14-17,20H,12H2,1-4H3/b11-10+/t14-,15+,16-,17-/m1/s1. The molecule has 2 saturated heterocycles. The Morgan fingerprint density at radius 1 is 1.00 bits per heavy atom. The summed E-state index contributed by atoms with van der Waals surface area (Å²) in [5.74, 6) is -1.49. The number of hydrogen-bond donors (Lipinski definition) is 1. The molecule has 138 valence electrons. The van der Waals surface area contributed by atoms with Crippen molar-refractivity contribution in [2.24, 2.45) is 0 Å². The fourth-order valence-electron chi connectivity index (χ4n) is 3.02. The summed E-state index contributed by atoms with van der Waals surface area (Å²) in [5.41, 5.74) is 0. The fourth-order valence-corrected chi connectivity index (χ4v) is 3.73. The molecule has 2 heterocycles. The van der Waals surface area contributed by atoms with E-state index >= 15 is 0 Å². The van der Waals surface area contributed by atoms with Gasteiger partial charge in [0.2, 0.25) is 0 Å². The quantitative estimate of drug-likeness (QED) is 0.825. The maximum Gasteiger partial charge on any atom is 0.164 e. The highest BCUT2D eigenvalue weighted by atomic mass is 32.2. The molecule has 2 fully saturated rings. The van der Waals surface area contributed by atoms with Gasteiger partial charge in [0.05, 0.1) is 6.61 Å². The van der Waals surface area contributed by atoms with Gasteiger partial charge >= 0.3 is 0 Å². The van der Waals surface area contributed by atoms with Crippen LogP contribution in [0, 0.1) is 0 Å². The van der Waals surface area contributed by atoms with Crippen LogP contribution in [0.25, 0.3) is 0 Å². The van der Waals surface area contributed by atoms with E-state index in [0.717, 1.165) is 4.90 Å². The first-order chi connectivity index (χ1) is 11.8. The fraction of sp³-hybridized carbons (Fsp3) is 0.579. The summed E-state index contributed by atoms with van der Waals surface area (Å²) in [6, 6.07) is 10.1. The third kappa shape index (κ3) is 4.84. The molecule has 0 aromatic heterocycles. The zero-order valence-electron chi connectivity index (χ0n) is 15.0. The highest BCUT2D eigenvalue weighted by Gasteiger charge is 2.50. The number of aliphatic hydroxyl groups is 1. The lowest BCUT2D eigenvalue weighted by Crippen LogP contribution is -2.55. The lowest BCUT2D eigenvalue weighted by atomic mass is 10.0. The molecule has 2 aliphatic heterocycles. The van der Waals surface area contributed by atoms with E-state index in [-0.39, 0.29) is 12.7 Å². The molecular weight excluding hydrogens is 340 g/mol. The Kier molecular flexibility index (Phi) is 5.58. The second-order valence-electron chi connectivity index (χ2n) is 7.18. The van der Waals surface area contributed by atoms with Gasteiger partial charge in [-0.05, 0) is 51.3 Å². The molecule has 5 nitrogen and oxygen atoms in total. The first-order valence-corrected chi connectivity index (χ1v) is 9.38. The van der Waals surface area contributed by atoms with Crippen LogP contribution in [0.15, 0.2) is 46.7 Å². The van der Waals surface area contributed by atoms with Crippen LogP contribution in [0.4, 0.5) is 0 Å². The Hall–Kier alpha value is -0.890. The van der Waals surface area contributed by atoms with Gasteiger partial charge in [0.1, 0.15) is 24.4 Å². The second-order valence-corrected chi connectivity index (χ2v) is 8.16. The minimum Gasteiger partial charge on any atom is -0.388 e. The zero-order chi connectivity index (χ0) is 18.1. The van der Waals surface area contributed by atoms with Gasteiger partial charge in [0.25, 0.3) is 0 Å². The maximum atomic E-state index is 10.3. The van der Waals surface area contributed by atoms with Crippen LogP contribution in [0.1, 0.15) is 27.7 Å². The van der Waals surface area contributed by atoms with Gasteiger partial charge < -0.3 is 24.1 Å². The largest absolute Gasteiger partial charge is 0.388 e. The van der Waals surface area contributed by atoms with Crippen LogP contribution in [-0.2, 0) is 18.9 Å². The molecule has 1 N–H and O–H groups in total. The summed E-state index contributed by atoms with van der Waals surface area (Å²) >= 11 is 1.61. The van der Waals surface area contributed by atoms with E-state index in [1.165, 1.54) is 0 Å². The molecule has 2 aliphatic rings. The first-order valence-electron chi connectivity index (χ1n) is 8.50. The smallest absolute Gasteiger partial charge is 0.164 e. The Morgan fingerprint density at radius 3 is 2.40 bits per heavy atom. The minimum atomic E-state index is -0.757. The van der Waals surface area contributed by atoms with Crippen LogP contribution in [0.5, 0.6) is 0 Å². The predicted octanol–water partition coefficient (Wildman–Crippen LogP) is 3.32. The summed E-state index contributed by atoms with van der Waals surface area (Å²) in [7, 11) is 0. The molecule has 1 aromatic carbocycles. The number of aliphatic hydroxyl groups excluding tert-OH is 1. The number of thioether (sulfide) groups is 1. The number of ether oxygens (including phenoxy) is 4. The van der Waals surface area contributed by atoms with Gasteiger partial charge in [0, 0.05) is 4.90 Å². The van der Waals surface area contributed by atoms with E-state index in [1.54, 1.807) is 11.8 Å².